The molecule has 0 aromatic heterocycles. The van der Waals surface area contributed by atoms with Gasteiger partial charge in [-0.3, -0.25) is 14.9 Å². The Morgan fingerprint density at radius 1 is 1.45 bits per heavy atom. The summed E-state index contributed by atoms with van der Waals surface area (Å²) in [5.74, 6) is -1.19. The van der Waals surface area contributed by atoms with Crippen LogP contribution in [0.25, 0.3) is 0 Å². The molecule has 0 spiro atoms. The molecule has 9 nitrogen and oxygen atoms in total. The Labute approximate surface area is 115 Å². The Morgan fingerprint density at radius 2 is 2.05 bits per heavy atom. The zero-order chi connectivity index (χ0) is 15.5. The van der Waals surface area contributed by atoms with Crippen molar-refractivity contribution in [1.29, 1.82) is 0 Å². The number of hydrogen-bond acceptors (Lipinski definition) is 6. The van der Waals surface area contributed by atoms with Gasteiger partial charge in [-0.25, -0.2) is 12.7 Å². The van der Waals surface area contributed by atoms with E-state index in [0.29, 0.717) is 0 Å². The topological polar surface area (TPSA) is 130 Å². The van der Waals surface area contributed by atoms with Crippen molar-refractivity contribution in [2.24, 2.45) is 0 Å². The summed E-state index contributed by atoms with van der Waals surface area (Å²) >= 11 is 0. The standard InChI is InChI=1S/C10H13N3O6S/c1-12(2)20(18,19)7-3-4-8(11-6-10(14)15)9(5-7)13(16)17/h3-5,11H,6H2,1-2H3,(H,14,15). The van der Waals surface area contributed by atoms with Crippen LogP contribution in [0.2, 0.25) is 0 Å². The monoisotopic (exact) mass is 303 g/mol. The lowest BCUT2D eigenvalue weighted by Crippen LogP contribution is -2.22. The number of benzene rings is 1. The average molecular weight is 303 g/mol. The Kier molecular flexibility index (Phi) is 4.63. The van der Waals surface area contributed by atoms with Crippen LogP contribution in [0.3, 0.4) is 0 Å². The van der Waals surface area contributed by atoms with E-state index in [1.54, 1.807) is 0 Å². The summed E-state index contributed by atoms with van der Waals surface area (Å²) in [4.78, 5) is 20.3. The van der Waals surface area contributed by atoms with Gasteiger partial charge in [0.15, 0.2) is 0 Å². The number of nitro groups is 1. The van der Waals surface area contributed by atoms with Crippen LogP contribution in [-0.4, -0.2) is 49.4 Å². The number of carboxylic acid groups (broad SMARTS) is 1. The molecule has 0 atom stereocenters. The van der Waals surface area contributed by atoms with Crippen molar-refractivity contribution in [2.75, 3.05) is 26.0 Å². The summed E-state index contributed by atoms with van der Waals surface area (Å²) in [7, 11) is -1.19. The second-order valence-electron chi connectivity index (χ2n) is 3.97. The molecule has 0 aliphatic carbocycles. The molecule has 110 valence electrons. The SMILES string of the molecule is CN(C)S(=O)(=O)c1ccc(NCC(=O)O)c([N+](=O)[O-])c1. The molecule has 0 heterocycles. The van der Waals surface area contributed by atoms with Gasteiger partial charge in [0.1, 0.15) is 12.2 Å². The number of carboxylic acids is 1. The zero-order valence-corrected chi connectivity index (χ0v) is 11.5. The van der Waals surface area contributed by atoms with Gasteiger partial charge in [-0.05, 0) is 12.1 Å². The van der Waals surface area contributed by atoms with E-state index >= 15 is 0 Å². The van der Waals surface area contributed by atoms with Crippen molar-refractivity contribution in [1.82, 2.24) is 4.31 Å². The van der Waals surface area contributed by atoms with Gasteiger partial charge in [0.25, 0.3) is 5.69 Å². The minimum absolute atomic E-state index is 0.0601. The molecule has 0 saturated carbocycles. The van der Waals surface area contributed by atoms with Gasteiger partial charge < -0.3 is 10.4 Å². The second-order valence-corrected chi connectivity index (χ2v) is 6.12. The molecule has 0 radical (unpaired) electrons. The van der Waals surface area contributed by atoms with Crippen molar-refractivity contribution in [3.63, 3.8) is 0 Å². The molecule has 0 amide bonds. The number of anilines is 1. The summed E-state index contributed by atoms with van der Waals surface area (Å²) in [6, 6.07) is 3.23. The Morgan fingerprint density at radius 3 is 2.50 bits per heavy atom. The highest BCUT2D eigenvalue weighted by molar-refractivity contribution is 7.89. The van der Waals surface area contributed by atoms with Crippen LogP contribution in [0.1, 0.15) is 0 Å². The maximum atomic E-state index is 11.9. The molecule has 0 bridgehead atoms. The molecule has 10 heteroatoms. The smallest absolute Gasteiger partial charge is 0.322 e. The largest absolute Gasteiger partial charge is 0.480 e. The third-order valence-electron chi connectivity index (χ3n) is 2.37. The molecule has 20 heavy (non-hydrogen) atoms. The van der Waals surface area contributed by atoms with E-state index in [4.69, 9.17) is 5.11 Å². The number of sulfonamides is 1. The molecule has 0 aliphatic heterocycles. The van der Waals surface area contributed by atoms with Crippen molar-refractivity contribution in [3.05, 3.63) is 28.3 Å². The van der Waals surface area contributed by atoms with Gasteiger partial charge in [-0.15, -0.1) is 0 Å². The van der Waals surface area contributed by atoms with Gasteiger partial charge in [0.05, 0.1) is 9.82 Å². The summed E-state index contributed by atoms with van der Waals surface area (Å²) in [5, 5.41) is 21.8. The van der Waals surface area contributed by atoms with Crippen molar-refractivity contribution >= 4 is 27.4 Å². The van der Waals surface area contributed by atoms with Crippen molar-refractivity contribution in [2.45, 2.75) is 4.90 Å². The molecule has 2 N–H and O–H groups in total. The predicted octanol–water partition coefficient (Wildman–Crippen LogP) is 0.342. The molecular weight excluding hydrogens is 290 g/mol. The van der Waals surface area contributed by atoms with E-state index in [0.717, 1.165) is 16.4 Å². The fourth-order valence-electron chi connectivity index (χ4n) is 1.35. The van der Waals surface area contributed by atoms with E-state index in [9.17, 15) is 23.3 Å². The van der Waals surface area contributed by atoms with Crippen LogP contribution in [0.4, 0.5) is 11.4 Å². The average Bonchev–Trinajstić information content (AvgIpc) is 2.35. The fraction of sp³-hybridized carbons (Fsp3) is 0.300. The summed E-state index contributed by atoms with van der Waals surface area (Å²) < 4.78 is 24.7. The lowest BCUT2D eigenvalue weighted by Gasteiger charge is -2.12. The number of rotatable bonds is 6. The van der Waals surface area contributed by atoms with Crippen LogP contribution in [-0.2, 0) is 14.8 Å². The van der Waals surface area contributed by atoms with E-state index in [1.807, 2.05) is 0 Å². The normalized spacial score (nSPS) is 11.3. The highest BCUT2D eigenvalue weighted by Crippen LogP contribution is 2.28. The number of carbonyl (C=O) groups is 1. The highest BCUT2D eigenvalue weighted by Gasteiger charge is 2.23. The molecular formula is C10H13N3O6S. The van der Waals surface area contributed by atoms with E-state index in [2.05, 4.69) is 5.32 Å². The molecule has 1 aromatic carbocycles. The first-order valence-electron chi connectivity index (χ1n) is 5.33. The zero-order valence-electron chi connectivity index (χ0n) is 10.7. The highest BCUT2D eigenvalue weighted by atomic mass is 32.2. The lowest BCUT2D eigenvalue weighted by atomic mass is 10.2. The van der Waals surface area contributed by atoms with Gasteiger partial charge >= 0.3 is 5.97 Å². The molecule has 1 rings (SSSR count). The Hall–Kier alpha value is -2.20. The third kappa shape index (κ3) is 3.42. The van der Waals surface area contributed by atoms with Gasteiger partial charge in [-0.2, -0.15) is 0 Å². The van der Waals surface area contributed by atoms with E-state index in [-0.39, 0.29) is 10.6 Å². The third-order valence-corrected chi connectivity index (χ3v) is 4.19. The second kappa shape index (κ2) is 5.84. The predicted molar refractivity (Wildman–Crippen MR) is 70.1 cm³/mol. The minimum atomic E-state index is -3.80. The minimum Gasteiger partial charge on any atom is -0.480 e. The number of nitrogens with zero attached hydrogens (tertiary/aromatic N) is 2. The molecule has 0 unspecified atom stereocenters. The number of nitro benzene ring substituents is 1. The lowest BCUT2D eigenvalue weighted by molar-refractivity contribution is -0.384. The first kappa shape index (κ1) is 15.9. The quantitative estimate of drug-likeness (QED) is 0.572. The van der Waals surface area contributed by atoms with Crippen LogP contribution >= 0.6 is 0 Å². The van der Waals surface area contributed by atoms with Gasteiger partial charge in [0, 0.05) is 20.2 Å². The van der Waals surface area contributed by atoms with Crippen molar-refractivity contribution in [3.8, 4) is 0 Å². The molecule has 0 fully saturated rings. The number of aliphatic carboxylic acids is 1. The molecule has 0 saturated heterocycles. The maximum Gasteiger partial charge on any atom is 0.322 e. The fourth-order valence-corrected chi connectivity index (χ4v) is 2.28. The number of nitrogens with one attached hydrogen (secondary N) is 1. The molecule has 1 aromatic rings. The van der Waals surface area contributed by atoms with Crippen molar-refractivity contribution < 1.29 is 23.2 Å². The van der Waals surface area contributed by atoms with Crippen LogP contribution in [0, 0.1) is 10.1 Å². The van der Waals surface area contributed by atoms with Crippen LogP contribution in [0.15, 0.2) is 23.1 Å². The van der Waals surface area contributed by atoms with Gasteiger partial charge in [-0.1, -0.05) is 0 Å². The van der Waals surface area contributed by atoms with Gasteiger partial charge in [0.2, 0.25) is 10.0 Å². The van der Waals surface area contributed by atoms with Crippen LogP contribution < -0.4 is 5.32 Å². The summed E-state index contributed by atoms with van der Waals surface area (Å²) in [6.07, 6.45) is 0. The number of hydrogen-bond donors (Lipinski definition) is 2. The van der Waals surface area contributed by atoms with E-state index in [1.165, 1.54) is 20.2 Å². The first-order chi connectivity index (χ1) is 9.16. The molecule has 0 aliphatic rings. The Balaban J connectivity index is 3.27. The maximum absolute atomic E-state index is 11.9. The van der Waals surface area contributed by atoms with E-state index < -0.39 is 33.1 Å². The first-order valence-corrected chi connectivity index (χ1v) is 6.77. The summed E-state index contributed by atoms with van der Waals surface area (Å²) in [6.45, 7) is -0.513. The Bertz CT molecular complexity index is 640. The van der Waals surface area contributed by atoms with Crippen LogP contribution in [0.5, 0.6) is 0 Å². The summed E-state index contributed by atoms with van der Waals surface area (Å²) in [5.41, 5.74) is -0.565.